The third kappa shape index (κ3) is 6.54. The summed E-state index contributed by atoms with van der Waals surface area (Å²) >= 11 is 0. The summed E-state index contributed by atoms with van der Waals surface area (Å²) in [5, 5.41) is 25.0. The van der Waals surface area contributed by atoms with Crippen molar-refractivity contribution in [3.8, 4) is 5.75 Å². The van der Waals surface area contributed by atoms with Crippen molar-refractivity contribution in [3.63, 3.8) is 0 Å². The molecule has 0 aliphatic carbocycles. The smallest absolute Gasteiger partial charge is 0.273 e. The number of rotatable bonds is 10. The molecule has 0 radical (unpaired) electrons. The normalized spacial score (nSPS) is 14.0. The molecular formula is C27H32FN3O3. The van der Waals surface area contributed by atoms with Gasteiger partial charge in [-0.1, -0.05) is 44.7 Å². The number of aromatic hydroxyl groups is 1. The molecule has 0 bridgehead atoms. The molecule has 0 aromatic heterocycles. The van der Waals surface area contributed by atoms with Gasteiger partial charge in [0, 0.05) is 24.8 Å². The summed E-state index contributed by atoms with van der Waals surface area (Å²) in [5.74, 6) is -0.210. The molecular weight excluding hydrogens is 433 g/mol. The minimum atomic E-state index is -1.49. The molecule has 2 aromatic rings. The van der Waals surface area contributed by atoms with Crippen molar-refractivity contribution in [2.45, 2.75) is 39.9 Å². The molecule has 7 heteroatoms. The van der Waals surface area contributed by atoms with Gasteiger partial charge in [0.1, 0.15) is 17.2 Å². The van der Waals surface area contributed by atoms with E-state index in [2.05, 4.69) is 36.1 Å². The van der Waals surface area contributed by atoms with E-state index in [9.17, 15) is 14.3 Å². The maximum atomic E-state index is 13.4. The van der Waals surface area contributed by atoms with Gasteiger partial charge in [0.15, 0.2) is 6.17 Å². The largest absolute Gasteiger partial charge is 0.510 e. The van der Waals surface area contributed by atoms with Crippen molar-refractivity contribution in [2.75, 3.05) is 18.4 Å². The van der Waals surface area contributed by atoms with E-state index in [4.69, 9.17) is 5.11 Å². The van der Waals surface area contributed by atoms with Gasteiger partial charge in [-0.05, 0) is 59.2 Å². The van der Waals surface area contributed by atoms with Gasteiger partial charge in [-0.3, -0.25) is 9.79 Å². The molecule has 0 saturated heterocycles. The first-order valence-corrected chi connectivity index (χ1v) is 11.3. The van der Waals surface area contributed by atoms with Crippen LogP contribution in [-0.2, 0) is 17.8 Å². The number of alkyl halides is 1. The maximum Gasteiger partial charge on any atom is 0.273 e. The van der Waals surface area contributed by atoms with Gasteiger partial charge in [-0.2, -0.15) is 0 Å². The predicted octanol–water partition coefficient (Wildman–Crippen LogP) is 4.88. The molecule has 1 aliphatic rings. The van der Waals surface area contributed by atoms with E-state index in [1.54, 1.807) is 18.2 Å². The molecule has 2 aromatic carbocycles. The van der Waals surface area contributed by atoms with E-state index >= 15 is 0 Å². The molecule has 6 nitrogen and oxygen atoms in total. The zero-order chi connectivity index (χ0) is 24.8. The van der Waals surface area contributed by atoms with Crippen LogP contribution in [0.3, 0.4) is 0 Å². The minimum absolute atomic E-state index is 0.00811. The van der Waals surface area contributed by atoms with Crippen LogP contribution in [0.1, 0.15) is 36.1 Å². The van der Waals surface area contributed by atoms with Crippen LogP contribution < -0.4 is 10.6 Å². The molecule has 1 aliphatic heterocycles. The van der Waals surface area contributed by atoms with Crippen LogP contribution in [0.15, 0.2) is 59.8 Å². The first-order valence-electron chi connectivity index (χ1n) is 11.3. The van der Waals surface area contributed by atoms with Crippen molar-refractivity contribution in [1.82, 2.24) is 5.32 Å². The fourth-order valence-electron chi connectivity index (χ4n) is 3.83. The van der Waals surface area contributed by atoms with Gasteiger partial charge in [-0.25, -0.2) is 4.39 Å². The third-order valence-electron chi connectivity index (χ3n) is 5.59. The quantitative estimate of drug-likeness (QED) is 0.377. The number of amides is 1. The highest BCUT2D eigenvalue weighted by Gasteiger charge is 2.18. The summed E-state index contributed by atoms with van der Waals surface area (Å²) in [7, 11) is 0. The molecule has 180 valence electrons. The van der Waals surface area contributed by atoms with Gasteiger partial charge in [-0.15, -0.1) is 0 Å². The second kappa shape index (κ2) is 11.1. The molecule has 1 unspecified atom stereocenters. The van der Waals surface area contributed by atoms with Gasteiger partial charge in [0.05, 0.1) is 6.54 Å². The number of aliphatic imine (C=N–C) groups is 1. The summed E-state index contributed by atoms with van der Waals surface area (Å²) in [6.07, 6.45) is 1.05. The second-order valence-electron chi connectivity index (χ2n) is 9.01. The molecule has 34 heavy (non-hydrogen) atoms. The number of aliphatic hydroxyl groups is 1. The number of phenols is 1. The highest BCUT2D eigenvalue weighted by atomic mass is 19.1. The Labute approximate surface area is 199 Å². The Morgan fingerprint density at radius 3 is 2.65 bits per heavy atom. The van der Waals surface area contributed by atoms with E-state index in [-0.39, 0.29) is 18.2 Å². The topological polar surface area (TPSA) is 94.0 Å². The molecule has 0 saturated carbocycles. The fourth-order valence-corrected chi connectivity index (χ4v) is 3.83. The molecule has 3 rings (SSSR count). The van der Waals surface area contributed by atoms with Crippen molar-refractivity contribution in [3.05, 3.63) is 77.1 Å². The number of aryl methyl sites for hydroxylation is 1. The Morgan fingerprint density at radius 2 is 2.00 bits per heavy atom. The lowest BCUT2D eigenvalue weighted by molar-refractivity contribution is -0.110. The molecule has 0 spiro atoms. The molecule has 1 atom stereocenters. The number of nitrogens with one attached hydrogen (secondary N) is 2. The van der Waals surface area contributed by atoms with Crippen LogP contribution >= 0.6 is 0 Å². The van der Waals surface area contributed by atoms with Gasteiger partial charge in [0.25, 0.3) is 5.91 Å². The van der Waals surface area contributed by atoms with Crippen molar-refractivity contribution >= 4 is 22.9 Å². The molecule has 0 fully saturated rings. The van der Waals surface area contributed by atoms with Crippen LogP contribution in [0.4, 0.5) is 10.1 Å². The highest BCUT2D eigenvalue weighted by Crippen LogP contribution is 2.26. The van der Waals surface area contributed by atoms with Crippen LogP contribution in [0.5, 0.6) is 5.75 Å². The number of nitrogens with zero attached hydrogens (tertiary/aromatic N) is 1. The number of benzene rings is 2. The summed E-state index contributed by atoms with van der Waals surface area (Å²) in [6.45, 7) is 10.2. The van der Waals surface area contributed by atoms with Crippen molar-refractivity contribution in [1.29, 1.82) is 0 Å². The van der Waals surface area contributed by atoms with Crippen molar-refractivity contribution < 1.29 is 19.4 Å². The predicted molar refractivity (Wildman–Crippen MR) is 135 cm³/mol. The number of aliphatic hydroxyl groups excluding tert-OH is 1. The Hall–Kier alpha value is -3.45. The Kier molecular flexibility index (Phi) is 8.23. The first kappa shape index (κ1) is 25.2. The number of hydrogen-bond donors (Lipinski definition) is 4. The van der Waals surface area contributed by atoms with E-state index in [1.807, 2.05) is 31.2 Å². The van der Waals surface area contributed by atoms with Crippen molar-refractivity contribution in [2.24, 2.45) is 10.9 Å². The summed E-state index contributed by atoms with van der Waals surface area (Å²) in [4.78, 5) is 17.1. The number of hydrogen-bond acceptors (Lipinski definition) is 5. The van der Waals surface area contributed by atoms with Crippen LogP contribution in [0, 0.1) is 12.8 Å². The summed E-state index contributed by atoms with van der Waals surface area (Å²) in [6, 6.07) is 11.1. The number of halogens is 1. The van der Waals surface area contributed by atoms with E-state index in [0.717, 1.165) is 34.2 Å². The molecule has 1 heterocycles. The lowest BCUT2D eigenvalue weighted by Gasteiger charge is -2.11. The number of anilines is 1. The number of carbonyl (C=O) groups excluding carboxylic acids is 1. The Bertz CT molecular complexity index is 1140. The van der Waals surface area contributed by atoms with E-state index < -0.39 is 11.9 Å². The SMILES string of the molecule is C=C(O)C(F)CNCc1ccc(C2=CC(C(=O)Nc3ccc(CC(C)C)c(O)c3)=NC2)c(C)c1. The maximum absolute atomic E-state index is 13.4. The Balaban J connectivity index is 1.61. The summed E-state index contributed by atoms with van der Waals surface area (Å²) in [5.41, 5.74) is 5.66. The number of carbonyl (C=O) groups is 1. The average Bonchev–Trinajstić information content (AvgIpc) is 3.25. The monoisotopic (exact) mass is 465 g/mol. The van der Waals surface area contributed by atoms with Crippen LogP contribution in [0.2, 0.25) is 0 Å². The zero-order valence-corrected chi connectivity index (χ0v) is 19.9. The van der Waals surface area contributed by atoms with Gasteiger partial charge >= 0.3 is 0 Å². The standard InChI is InChI=1S/C27H32FN3O3/c1-16(2)9-20-6-7-22(12-26(20)33)31-27(34)25-11-21(14-30-25)23-8-5-19(10-17(23)3)13-29-15-24(28)18(4)32/h5-8,10-12,16,24,29,32-33H,4,9,13-15H2,1-3H3,(H,31,34). The molecule has 4 N–H and O–H groups in total. The van der Waals surface area contributed by atoms with Crippen LogP contribution in [-0.4, -0.2) is 41.1 Å². The minimum Gasteiger partial charge on any atom is -0.510 e. The summed E-state index contributed by atoms with van der Waals surface area (Å²) < 4.78 is 13.4. The lowest BCUT2D eigenvalue weighted by atomic mass is 9.98. The third-order valence-corrected chi connectivity index (χ3v) is 5.59. The Morgan fingerprint density at radius 1 is 1.24 bits per heavy atom. The number of phenolic OH excluding ortho intramolecular Hbond substituents is 1. The van der Waals surface area contributed by atoms with Gasteiger partial charge < -0.3 is 20.8 Å². The van der Waals surface area contributed by atoms with Crippen LogP contribution in [0.25, 0.3) is 5.57 Å². The van der Waals surface area contributed by atoms with E-state index in [0.29, 0.717) is 30.4 Å². The average molecular weight is 466 g/mol. The fraction of sp³-hybridized carbons (Fsp3) is 0.333. The zero-order valence-electron chi connectivity index (χ0n) is 19.9. The highest BCUT2D eigenvalue weighted by molar-refractivity contribution is 6.49. The van der Waals surface area contributed by atoms with E-state index in [1.165, 1.54) is 0 Å². The lowest BCUT2D eigenvalue weighted by Crippen LogP contribution is -2.24. The van der Waals surface area contributed by atoms with Gasteiger partial charge in [0.2, 0.25) is 0 Å². The first-order chi connectivity index (χ1) is 16.1. The molecule has 1 amide bonds. The second-order valence-corrected chi connectivity index (χ2v) is 9.01.